The minimum absolute atomic E-state index is 0.00583. The second-order valence-corrected chi connectivity index (χ2v) is 6.05. The molecule has 1 aliphatic rings. The van der Waals surface area contributed by atoms with Crippen LogP contribution in [0.3, 0.4) is 0 Å². The minimum atomic E-state index is -3.26. The zero-order valence-electron chi connectivity index (χ0n) is 9.48. The van der Waals surface area contributed by atoms with Crippen molar-refractivity contribution in [3.8, 4) is 0 Å². The molecule has 0 aliphatic carbocycles. The van der Waals surface area contributed by atoms with Crippen LogP contribution in [0.25, 0.3) is 0 Å². The van der Waals surface area contributed by atoms with Crippen LogP contribution in [0.4, 0.5) is 0 Å². The molecule has 0 amide bonds. The summed E-state index contributed by atoms with van der Waals surface area (Å²) in [5.41, 5.74) is 5.41. The van der Waals surface area contributed by atoms with E-state index in [0.29, 0.717) is 13.1 Å². The number of nitrogens with two attached hydrogens (primary N) is 1. The number of nitrogens with zero attached hydrogens (tertiary/aromatic N) is 1. The molecule has 1 heterocycles. The summed E-state index contributed by atoms with van der Waals surface area (Å²) < 4.78 is 29.9. The molecule has 0 radical (unpaired) electrons. The maximum absolute atomic E-state index is 11.8. The monoisotopic (exact) mass is 249 g/mol. The normalized spacial score (nSPS) is 23.2. The highest BCUT2D eigenvalue weighted by Crippen LogP contribution is 2.19. The molecule has 1 aliphatic heterocycles. The molecule has 1 rings (SSSR count). The first-order valence-corrected chi connectivity index (χ1v) is 6.89. The number of nitrogens with one attached hydrogen (secondary N) is 1. The zero-order valence-corrected chi connectivity index (χ0v) is 10.3. The molecule has 1 fully saturated rings. The zero-order chi connectivity index (χ0) is 12.2. The van der Waals surface area contributed by atoms with E-state index in [9.17, 15) is 8.42 Å². The van der Waals surface area contributed by atoms with Crippen molar-refractivity contribution in [3.63, 3.8) is 0 Å². The maximum atomic E-state index is 11.8. The molecule has 0 saturated carbocycles. The van der Waals surface area contributed by atoms with Crippen molar-refractivity contribution in [1.29, 1.82) is 5.41 Å². The first kappa shape index (κ1) is 13.4. The van der Waals surface area contributed by atoms with Gasteiger partial charge in [0.05, 0.1) is 18.2 Å². The van der Waals surface area contributed by atoms with Crippen LogP contribution in [0.15, 0.2) is 0 Å². The summed E-state index contributed by atoms with van der Waals surface area (Å²) in [6.07, 6.45) is 1.56. The van der Waals surface area contributed by atoms with Gasteiger partial charge in [-0.15, -0.1) is 0 Å². The molecule has 0 aromatic carbocycles. The molecule has 7 heteroatoms. The van der Waals surface area contributed by atoms with E-state index in [-0.39, 0.29) is 24.1 Å². The summed E-state index contributed by atoms with van der Waals surface area (Å²) in [5.74, 6) is -0.0635. The first-order valence-electron chi connectivity index (χ1n) is 5.28. The predicted octanol–water partition coefficient (Wildman–Crippen LogP) is -0.389. The van der Waals surface area contributed by atoms with Crippen LogP contribution in [-0.4, -0.2) is 51.1 Å². The molecule has 0 bridgehead atoms. The Morgan fingerprint density at radius 1 is 1.62 bits per heavy atom. The van der Waals surface area contributed by atoms with E-state index in [1.165, 1.54) is 11.4 Å². The second kappa shape index (κ2) is 5.60. The fourth-order valence-electron chi connectivity index (χ4n) is 1.77. The molecule has 0 spiro atoms. The van der Waals surface area contributed by atoms with Gasteiger partial charge in [-0.2, -0.15) is 0 Å². The summed E-state index contributed by atoms with van der Waals surface area (Å²) in [4.78, 5) is 0. The number of hydrogen-bond donors (Lipinski definition) is 2. The van der Waals surface area contributed by atoms with Crippen molar-refractivity contribution >= 4 is 15.9 Å². The summed E-state index contributed by atoms with van der Waals surface area (Å²) in [5, 5.41) is 7.35. The van der Waals surface area contributed by atoms with Crippen LogP contribution in [0.5, 0.6) is 0 Å². The smallest absolute Gasteiger partial charge is 0.216 e. The quantitative estimate of drug-likeness (QED) is 0.512. The molecule has 3 N–H and O–H groups in total. The van der Waals surface area contributed by atoms with Gasteiger partial charge in [-0.3, -0.25) is 5.41 Å². The van der Waals surface area contributed by atoms with Crippen molar-refractivity contribution in [2.24, 2.45) is 11.7 Å². The van der Waals surface area contributed by atoms with Gasteiger partial charge in [0, 0.05) is 26.1 Å². The lowest BCUT2D eigenvalue weighted by Gasteiger charge is -2.31. The molecule has 0 aromatic heterocycles. The highest BCUT2D eigenvalue weighted by atomic mass is 32.2. The van der Waals surface area contributed by atoms with Crippen LogP contribution in [0, 0.1) is 11.3 Å². The summed E-state index contributed by atoms with van der Waals surface area (Å²) in [6.45, 7) is 1.06. The van der Waals surface area contributed by atoms with Crippen LogP contribution in [-0.2, 0) is 14.8 Å². The number of piperidine rings is 1. The van der Waals surface area contributed by atoms with Gasteiger partial charge in [0.2, 0.25) is 10.0 Å². The molecule has 16 heavy (non-hydrogen) atoms. The van der Waals surface area contributed by atoms with Crippen LogP contribution in [0.2, 0.25) is 0 Å². The van der Waals surface area contributed by atoms with Gasteiger partial charge in [-0.1, -0.05) is 0 Å². The van der Waals surface area contributed by atoms with Gasteiger partial charge in [-0.05, 0) is 12.8 Å². The van der Waals surface area contributed by atoms with Gasteiger partial charge in [0.15, 0.2) is 0 Å². The number of hydrogen-bond acceptors (Lipinski definition) is 4. The topological polar surface area (TPSA) is 96.5 Å². The maximum Gasteiger partial charge on any atom is 0.216 e. The molecule has 94 valence electrons. The Balaban J connectivity index is 2.62. The van der Waals surface area contributed by atoms with Crippen LogP contribution >= 0.6 is 0 Å². The summed E-state index contributed by atoms with van der Waals surface area (Å²) in [6, 6.07) is 0. The Bertz CT molecular complexity index is 342. The van der Waals surface area contributed by atoms with Crippen molar-refractivity contribution in [1.82, 2.24) is 4.31 Å². The van der Waals surface area contributed by atoms with E-state index in [1.807, 2.05) is 0 Å². The lowest BCUT2D eigenvalue weighted by atomic mass is 9.99. The third-order valence-electron chi connectivity index (χ3n) is 2.76. The van der Waals surface area contributed by atoms with E-state index in [1.54, 1.807) is 0 Å². The van der Waals surface area contributed by atoms with Gasteiger partial charge >= 0.3 is 0 Å². The summed E-state index contributed by atoms with van der Waals surface area (Å²) in [7, 11) is -1.78. The Labute approximate surface area is 96.3 Å². The SMILES string of the molecule is COCCS(=O)(=O)N1CCCC(C(=N)N)C1. The minimum Gasteiger partial charge on any atom is -0.387 e. The molecular formula is C9H19N3O3S. The Morgan fingerprint density at radius 3 is 2.88 bits per heavy atom. The Hall–Kier alpha value is -0.660. The van der Waals surface area contributed by atoms with Gasteiger partial charge in [-0.25, -0.2) is 12.7 Å². The van der Waals surface area contributed by atoms with Gasteiger partial charge in [0.1, 0.15) is 0 Å². The average molecular weight is 249 g/mol. The van der Waals surface area contributed by atoms with Crippen LogP contribution in [0.1, 0.15) is 12.8 Å². The Morgan fingerprint density at radius 2 is 2.31 bits per heavy atom. The molecule has 6 nitrogen and oxygen atoms in total. The fraction of sp³-hybridized carbons (Fsp3) is 0.889. The lowest BCUT2D eigenvalue weighted by Crippen LogP contribution is -2.45. The molecular weight excluding hydrogens is 230 g/mol. The average Bonchev–Trinajstić information content (AvgIpc) is 2.26. The highest BCUT2D eigenvalue weighted by Gasteiger charge is 2.29. The van der Waals surface area contributed by atoms with E-state index in [0.717, 1.165) is 12.8 Å². The number of methoxy groups -OCH3 is 1. The van der Waals surface area contributed by atoms with E-state index in [2.05, 4.69) is 0 Å². The van der Waals surface area contributed by atoms with Crippen LogP contribution < -0.4 is 5.73 Å². The number of rotatable bonds is 5. The molecule has 1 atom stereocenters. The first-order chi connectivity index (χ1) is 7.47. The van der Waals surface area contributed by atoms with E-state index in [4.69, 9.17) is 15.9 Å². The summed E-state index contributed by atoms with van der Waals surface area (Å²) >= 11 is 0. The standard InChI is InChI=1S/C9H19N3O3S/c1-15-5-6-16(13,14)12-4-2-3-8(7-12)9(10)11/h8H,2-7H2,1H3,(H3,10,11). The highest BCUT2D eigenvalue weighted by molar-refractivity contribution is 7.89. The number of amidine groups is 1. The van der Waals surface area contributed by atoms with Gasteiger partial charge in [0.25, 0.3) is 0 Å². The van der Waals surface area contributed by atoms with E-state index >= 15 is 0 Å². The second-order valence-electron chi connectivity index (χ2n) is 3.96. The van der Waals surface area contributed by atoms with E-state index < -0.39 is 10.0 Å². The Kier molecular flexibility index (Phi) is 4.69. The molecule has 1 saturated heterocycles. The third kappa shape index (κ3) is 3.43. The van der Waals surface area contributed by atoms with Crippen molar-refractivity contribution in [2.75, 3.05) is 32.6 Å². The fourth-order valence-corrected chi connectivity index (χ4v) is 3.22. The largest absolute Gasteiger partial charge is 0.387 e. The van der Waals surface area contributed by atoms with Gasteiger partial charge < -0.3 is 10.5 Å². The van der Waals surface area contributed by atoms with Crippen molar-refractivity contribution in [2.45, 2.75) is 12.8 Å². The lowest BCUT2D eigenvalue weighted by molar-refractivity contribution is 0.214. The number of sulfonamides is 1. The number of ether oxygens (including phenoxy) is 1. The third-order valence-corrected chi connectivity index (χ3v) is 4.56. The van der Waals surface area contributed by atoms with Crippen molar-refractivity contribution < 1.29 is 13.2 Å². The predicted molar refractivity (Wildman–Crippen MR) is 61.9 cm³/mol. The van der Waals surface area contributed by atoms with Crippen molar-refractivity contribution in [3.05, 3.63) is 0 Å². The molecule has 1 unspecified atom stereocenters. The molecule has 0 aromatic rings.